The number of benzene rings is 1. The molecule has 1 aliphatic heterocycles. The molecule has 15 heavy (non-hydrogen) atoms. The van der Waals surface area contributed by atoms with Gasteiger partial charge in [-0.15, -0.1) is 0 Å². The quantitative estimate of drug-likeness (QED) is 0.690. The van der Waals surface area contributed by atoms with Gasteiger partial charge in [-0.25, -0.2) is 4.79 Å². The van der Waals surface area contributed by atoms with Gasteiger partial charge < -0.3 is 0 Å². The molecule has 0 radical (unpaired) electrons. The molecule has 0 fully saturated rings. The zero-order valence-electron chi connectivity index (χ0n) is 8.14. The molecule has 4 nitrogen and oxygen atoms in total. The average molecular weight is 203 g/mol. The van der Waals surface area contributed by atoms with Crippen molar-refractivity contribution in [1.82, 2.24) is 5.27 Å². The fourth-order valence-corrected chi connectivity index (χ4v) is 2.13. The number of fused-ring (bicyclic) bond motifs is 1. The van der Waals surface area contributed by atoms with Crippen LogP contribution in [0, 0.1) is 0 Å². The molecular weight excluding hydrogens is 192 g/mol. The summed E-state index contributed by atoms with van der Waals surface area (Å²) >= 11 is 0. The SMILES string of the molecule is O=c1o[nH][n+]2c1C[C@@H](c1ccccc1)C2. The van der Waals surface area contributed by atoms with Crippen LogP contribution in [0.5, 0.6) is 0 Å². The van der Waals surface area contributed by atoms with E-state index in [-0.39, 0.29) is 5.63 Å². The van der Waals surface area contributed by atoms with E-state index in [9.17, 15) is 4.79 Å². The van der Waals surface area contributed by atoms with Crippen LogP contribution in [0.3, 0.4) is 0 Å². The van der Waals surface area contributed by atoms with Gasteiger partial charge in [0, 0.05) is 0 Å². The monoisotopic (exact) mass is 203 g/mol. The summed E-state index contributed by atoms with van der Waals surface area (Å²) in [7, 11) is 0. The fraction of sp³-hybridized carbons (Fsp3) is 0.273. The molecule has 2 aromatic rings. The minimum atomic E-state index is -0.242. The fourth-order valence-electron chi connectivity index (χ4n) is 2.13. The van der Waals surface area contributed by atoms with Crippen molar-refractivity contribution in [3.05, 3.63) is 52.0 Å². The molecule has 0 bridgehead atoms. The smallest absolute Gasteiger partial charge is 0.283 e. The van der Waals surface area contributed by atoms with Gasteiger partial charge in [0.25, 0.3) is 5.69 Å². The van der Waals surface area contributed by atoms with Crippen LogP contribution in [0.15, 0.2) is 39.6 Å². The van der Waals surface area contributed by atoms with E-state index >= 15 is 0 Å². The van der Waals surface area contributed by atoms with E-state index in [1.54, 1.807) is 4.68 Å². The topological polar surface area (TPSA) is 49.9 Å². The van der Waals surface area contributed by atoms with E-state index in [0.29, 0.717) is 5.92 Å². The molecule has 0 amide bonds. The lowest BCUT2D eigenvalue weighted by Crippen LogP contribution is -2.36. The maximum absolute atomic E-state index is 11.3. The molecule has 1 aliphatic rings. The zero-order valence-corrected chi connectivity index (χ0v) is 8.14. The summed E-state index contributed by atoms with van der Waals surface area (Å²) in [6.45, 7) is 0.797. The molecule has 0 saturated heterocycles. The van der Waals surface area contributed by atoms with Crippen LogP contribution in [0.1, 0.15) is 17.2 Å². The first-order chi connectivity index (χ1) is 7.34. The van der Waals surface area contributed by atoms with Crippen LogP contribution in [0.25, 0.3) is 0 Å². The van der Waals surface area contributed by atoms with E-state index in [2.05, 4.69) is 17.4 Å². The van der Waals surface area contributed by atoms with Gasteiger partial charge in [-0.3, -0.25) is 4.52 Å². The Bertz CT molecular complexity index is 527. The van der Waals surface area contributed by atoms with Crippen LogP contribution in [0.4, 0.5) is 0 Å². The summed E-state index contributed by atoms with van der Waals surface area (Å²) in [6, 6.07) is 10.2. The van der Waals surface area contributed by atoms with Gasteiger partial charge in [0.1, 0.15) is 0 Å². The number of hydrogen-bond donors (Lipinski definition) is 1. The normalized spacial score (nSPS) is 19.1. The lowest BCUT2D eigenvalue weighted by Gasteiger charge is -2.03. The average Bonchev–Trinajstić information content (AvgIpc) is 2.83. The maximum atomic E-state index is 11.3. The van der Waals surface area contributed by atoms with E-state index in [4.69, 9.17) is 4.52 Å². The van der Waals surface area contributed by atoms with Crippen molar-refractivity contribution in [2.75, 3.05) is 0 Å². The number of rotatable bonds is 1. The summed E-state index contributed by atoms with van der Waals surface area (Å²) in [5, 5.41) is 2.61. The molecule has 1 N–H and O–H groups in total. The summed E-state index contributed by atoms with van der Waals surface area (Å²) in [4.78, 5) is 11.3. The molecule has 0 spiro atoms. The van der Waals surface area contributed by atoms with Gasteiger partial charge in [0.05, 0.1) is 12.3 Å². The first-order valence-electron chi connectivity index (χ1n) is 5.00. The van der Waals surface area contributed by atoms with Gasteiger partial charge in [-0.2, -0.15) is 0 Å². The standard InChI is InChI=1S/C11H10N2O2/c14-11-10-6-9(7-13(10)12-15-11)8-4-2-1-3-5-8/h1-5,9H,6-7H2/p+1/t9-/m1/s1. The Morgan fingerprint density at radius 1 is 1.33 bits per heavy atom. The number of nitrogens with one attached hydrogen (secondary N) is 1. The van der Waals surface area contributed by atoms with Crippen LogP contribution >= 0.6 is 0 Å². The second-order valence-electron chi connectivity index (χ2n) is 3.85. The Kier molecular flexibility index (Phi) is 1.74. The maximum Gasteiger partial charge on any atom is 0.429 e. The number of nitrogens with zero attached hydrogens (tertiary/aromatic N) is 1. The van der Waals surface area contributed by atoms with E-state index in [1.165, 1.54) is 5.56 Å². The van der Waals surface area contributed by atoms with Gasteiger partial charge >= 0.3 is 5.63 Å². The third kappa shape index (κ3) is 1.29. The molecule has 76 valence electrons. The minimum absolute atomic E-state index is 0.242. The molecular formula is C11H11N2O2+. The van der Waals surface area contributed by atoms with Crippen molar-refractivity contribution in [2.24, 2.45) is 0 Å². The van der Waals surface area contributed by atoms with E-state index in [1.807, 2.05) is 18.2 Å². The van der Waals surface area contributed by atoms with Gasteiger partial charge in [0.15, 0.2) is 6.54 Å². The number of aromatic nitrogens is 2. The lowest BCUT2D eigenvalue weighted by molar-refractivity contribution is -0.758. The van der Waals surface area contributed by atoms with Crippen molar-refractivity contribution in [3.8, 4) is 0 Å². The predicted octanol–water partition coefficient (Wildman–Crippen LogP) is 0.595. The Labute approximate surface area is 86.1 Å². The highest BCUT2D eigenvalue weighted by Gasteiger charge is 2.35. The molecule has 1 atom stereocenters. The number of hydrogen-bond acceptors (Lipinski definition) is 2. The third-order valence-electron chi connectivity index (χ3n) is 2.92. The lowest BCUT2D eigenvalue weighted by atomic mass is 9.97. The van der Waals surface area contributed by atoms with Crippen molar-refractivity contribution < 1.29 is 9.20 Å². The Morgan fingerprint density at radius 3 is 2.87 bits per heavy atom. The largest absolute Gasteiger partial charge is 0.429 e. The van der Waals surface area contributed by atoms with Crippen molar-refractivity contribution in [1.29, 1.82) is 0 Å². The minimum Gasteiger partial charge on any atom is -0.283 e. The third-order valence-corrected chi connectivity index (χ3v) is 2.92. The summed E-state index contributed by atoms with van der Waals surface area (Å²) in [6.07, 6.45) is 0.760. The van der Waals surface area contributed by atoms with Crippen molar-refractivity contribution in [3.63, 3.8) is 0 Å². The van der Waals surface area contributed by atoms with Crippen LogP contribution in [0.2, 0.25) is 0 Å². The number of H-pyrrole nitrogens is 1. The van der Waals surface area contributed by atoms with Crippen LogP contribution in [-0.2, 0) is 13.0 Å². The molecule has 0 aliphatic carbocycles. The van der Waals surface area contributed by atoms with Crippen molar-refractivity contribution in [2.45, 2.75) is 18.9 Å². The molecule has 2 heterocycles. The summed E-state index contributed by atoms with van der Waals surface area (Å²) in [5.41, 5.74) is 1.77. The van der Waals surface area contributed by atoms with Crippen molar-refractivity contribution >= 4 is 0 Å². The second kappa shape index (κ2) is 3.08. The van der Waals surface area contributed by atoms with E-state index in [0.717, 1.165) is 18.7 Å². The molecule has 0 saturated carbocycles. The molecule has 3 rings (SSSR count). The molecule has 1 aromatic heterocycles. The predicted molar refractivity (Wildman–Crippen MR) is 52.4 cm³/mol. The van der Waals surface area contributed by atoms with Crippen LogP contribution < -0.4 is 10.3 Å². The van der Waals surface area contributed by atoms with Crippen LogP contribution in [-0.4, -0.2) is 5.27 Å². The number of aromatic amines is 1. The Hall–Kier alpha value is -1.84. The molecule has 0 unspecified atom stereocenters. The first-order valence-corrected chi connectivity index (χ1v) is 5.00. The second-order valence-corrected chi connectivity index (χ2v) is 3.85. The highest BCUT2D eigenvalue weighted by molar-refractivity contribution is 5.20. The van der Waals surface area contributed by atoms with Gasteiger partial charge in [-0.1, -0.05) is 35.0 Å². The Morgan fingerprint density at radius 2 is 2.13 bits per heavy atom. The Balaban J connectivity index is 1.94. The zero-order chi connectivity index (χ0) is 10.3. The molecule has 1 aromatic carbocycles. The first kappa shape index (κ1) is 8.47. The highest BCUT2D eigenvalue weighted by atomic mass is 16.5. The van der Waals surface area contributed by atoms with Gasteiger partial charge in [-0.05, 0) is 10.8 Å². The van der Waals surface area contributed by atoms with E-state index < -0.39 is 0 Å². The van der Waals surface area contributed by atoms with Gasteiger partial charge in [0.2, 0.25) is 0 Å². The highest BCUT2D eigenvalue weighted by Crippen LogP contribution is 2.22. The summed E-state index contributed by atoms with van der Waals surface area (Å²) < 4.78 is 6.50. The molecule has 4 heteroatoms. The summed E-state index contributed by atoms with van der Waals surface area (Å²) in [5.74, 6) is 0.390.